The largest absolute Gasteiger partial charge is 0.341 e. The highest BCUT2D eigenvalue weighted by molar-refractivity contribution is 8.02. The smallest absolute Gasteiger partial charge is 0.232 e. The third-order valence-electron chi connectivity index (χ3n) is 4.90. The molecular weight excluding hydrogens is 382 g/mol. The van der Waals surface area contributed by atoms with Crippen molar-refractivity contribution in [3.05, 3.63) is 47.3 Å². The predicted molar refractivity (Wildman–Crippen MR) is 109 cm³/mol. The molecule has 0 saturated carbocycles. The summed E-state index contributed by atoms with van der Waals surface area (Å²) < 4.78 is 25.0. The van der Waals surface area contributed by atoms with E-state index >= 15 is 0 Å². The summed E-state index contributed by atoms with van der Waals surface area (Å²) in [5, 5.41) is 4.66. The molecular formula is C19H25N3O3S2. The molecule has 0 spiro atoms. The molecule has 1 aromatic heterocycles. The molecule has 27 heavy (non-hydrogen) atoms. The number of amides is 1. The molecule has 1 aliphatic rings. The van der Waals surface area contributed by atoms with Crippen molar-refractivity contribution in [3.63, 3.8) is 0 Å². The zero-order valence-electron chi connectivity index (χ0n) is 15.9. The molecule has 2 heterocycles. The van der Waals surface area contributed by atoms with Gasteiger partial charge in [0.05, 0.1) is 28.6 Å². The van der Waals surface area contributed by atoms with Gasteiger partial charge in [0.25, 0.3) is 0 Å². The highest BCUT2D eigenvalue weighted by Crippen LogP contribution is 2.25. The van der Waals surface area contributed by atoms with Crippen molar-refractivity contribution in [3.8, 4) is 5.69 Å². The van der Waals surface area contributed by atoms with Gasteiger partial charge in [0.15, 0.2) is 9.84 Å². The Morgan fingerprint density at radius 1 is 1.30 bits per heavy atom. The van der Waals surface area contributed by atoms with E-state index in [0.717, 1.165) is 22.6 Å². The number of hydrogen-bond acceptors (Lipinski definition) is 5. The van der Waals surface area contributed by atoms with Crippen LogP contribution in [0.2, 0.25) is 0 Å². The van der Waals surface area contributed by atoms with Gasteiger partial charge in [-0.05, 0) is 32.4 Å². The maximum Gasteiger partial charge on any atom is 0.232 e. The fourth-order valence-electron chi connectivity index (χ4n) is 3.24. The standard InChI is InChI=1S/C19H25N3O3S2/c1-14-18(15(2)22(20-14)16-7-5-4-6-8-16)11-21(3)19(23)12-26-17-9-10-27(24,25)13-17/h4-8,17H,9-13H2,1-3H3/t17-/m1/s1. The molecule has 1 atom stereocenters. The number of nitrogens with zero attached hydrogens (tertiary/aromatic N) is 3. The first-order chi connectivity index (χ1) is 12.8. The molecule has 0 radical (unpaired) electrons. The second kappa shape index (κ2) is 8.06. The highest BCUT2D eigenvalue weighted by Gasteiger charge is 2.29. The lowest BCUT2D eigenvalue weighted by Gasteiger charge is -2.18. The van der Waals surface area contributed by atoms with Crippen LogP contribution >= 0.6 is 11.8 Å². The summed E-state index contributed by atoms with van der Waals surface area (Å²) in [5.74, 6) is 0.750. The first kappa shape index (κ1) is 19.9. The van der Waals surface area contributed by atoms with Gasteiger partial charge in [-0.25, -0.2) is 13.1 Å². The molecule has 1 aromatic carbocycles. The van der Waals surface area contributed by atoms with Crippen molar-refractivity contribution in [1.29, 1.82) is 0 Å². The van der Waals surface area contributed by atoms with E-state index in [-0.39, 0.29) is 22.7 Å². The number of para-hydroxylation sites is 1. The quantitative estimate of drug-likeness (QED) is 0.735. The summed E-state index contributed by atoms with van der Waals surface area (Å²) in [4.78, 5) is 14.2. The number of hydrogen-bond donors (Lipinski definition) is 0. The minimum atomic E-state index is -2.90. The average molecular weight is 408 g/mol. The highest BCUT2D eigenvalue weighted by atomic mass is 32.2. The van der Waals surface area contributed by atoms with Crippen LogP contribution in [0.15, 0.2) is 30.3 Å². The number of benzene rings is 1. The monoisotopic (exact) mass is 407 g/mol. The third kappa shape index (κ3) is 4.73. The second-order valence-corrected chi connectivity index (χ2v) is 10.5. The Kier molecular flexibility index (Phi) is 5.95. The lowest BCUT2D eigenvalue weighted by Crippen LogP contribution is -2.29. The molecule has 1 amide bonds. The van der Waals surface area contributed by atoms with Gasteiger partial charge < -0.3 is 4.90 Å². The minimum Gasteiger partial charge on any atom is -0.341 e. The van der Waals surface area contributed by atoms with Crippen molar-refractivity contribution >= 4 is 27.5 Å². The van der Waals surface area contributed by atoms with Crippen LogP contribution in [-0.2, 0) is 21.2 Å². The van der Waals surface area contributed by atoms with Gasteiger partial charge in [-0.3, -0.25) is 4.79 Å². The Bertz CT molecular complexity index is 923. The Balaban J connectivity index is 1.63. The summed E-state index contributed by atoms with van der Waals surface area (Å²) in [6.07, 6.45) is 0.645. The normalized spacial score (nSPS) is 18.6. The fraction of sp³-hybridized carbons (Fsp3) is 0.474. The third-order valence-corrected chi connectivity index (χ3v) is 8.16. The number of thioether (sulfide) groups is 1. The summed E-state index contributed by atoms with van der Waals surface area (Å²) >= 11 is 1.45. The van der Waals surface area contributed by atoms with Gasteiger partial charge >= 0.3 is 0 Å². The van der Waals surface area contributed by atoms with Gasteiger partial charge in [0.2, 0.25) is 5.91 Å². The molecule has 1 fully saturated rings. The molecule has 3 rings (SSSR count). The first-order valence-corrected chi connectivity index (χ1v) is 11.8. The van der Waals surface area contributed by atoms with Crippen LogP contribution < -0.4 is 0 Å². The fourth-order valence-corrected chi connectivity index (χ4v) is 6.82. The van der Waals surface area contributed by atoms with Crippen LogP contribution in [0.4, 0.5) is 0 Å². The Morgan fingerprint density at radius 3 is 2.63 bits per heavy atom. The molecule has 6 nitrogen and oxygen atoms in total. The molecule has 146 valence electrons. The SMILES string of the molecule is Cc1nn(-c2ccccc2)c(C)c1CN(C)C(=O)CS[C@@H]1CCS(=O)(=O)C1. The zero-order valence-corrected chi connectivity index (χ0v) is 17.5. The molecule has 0 unspecified atom stereocenters. The maximum atomic E-state index is 12.5. The molecule has 1 aliphatic heterocycles. The van der Waals surface area contributed by atoms with Crippen LogP contribution in [0, 0.1) is 13.8 Å². The van der Waals surface area contributed by atoms with Crippen molar-refractivity contribution in [2.24, 2.45) is 0 Å². The van der Waals surface area contributed by atoms with E-state index in [1.54, 1.807) is 11.9 Å². The van der Waals surface area contributed by atoms with Crippen LogP contribution in [0.5, 0.6) is 0 Å². The first-order valence-electron chi connectivity index (χ1n) is 8.93. The van der Waals surface area contributed by atoms with Crippen molar-refractivity contribution in [2.75, 3.05) is 24.3 Å². The number of sulfone groups is 1. The lowest BCUT2D eigenvalue weighted by atomic mass is 10.2. The second-order valence-electron chi connectivity index (χ2n) is 6.98. The summed E-state index contributed by atoms with van der Waals surface area (Å²) in [6, 6.07) is 9.92. The number of rotatable bonds is 6. The van der Waals surface area contributed by atoms with Crippen molar-refractivity contribution in [1.82, 2.24) is 14.7 Å². The van der Waals surface area contributed by atoms with Gasteiger partial charge in [-0.1, -0.05) is 18.2 Å². The summed E-state index contributed by atoms with van der Waals surface area (Å²) in [6.45, 7) is 4.46. The topological polar surface area (TPSA) is 72.3 Å². The number of carbonyl (C=O) groups is 1. The molecule has 2 aromatic rings. The van der Waals surface area contributed by atoms with E-state index in [1.165, 1.54) is 11.8 Å². The molecule has 0 aliphatic carbocycles. The predicted octanol–water partition coefficient (Wildman–Crippen LogP) is 2.37. The van der Waals surface area contributed by atoms with E-state index in [2.05, 4.69) is 5.10 Å². The number of carbonyl (C=O) groups excluding carboxylic acids is 1. The summed E-state index contributed by atoms with van der Waals surface area (Å²) in [5.41, 5.74) is 3.97. The van der Waals surface area contributed by atoms with E-state index in [9.17, 15) is 13.2 Å². The van der Waals surface area contributed by atoms with E-state index in [1.807, 2.05) is 48.9 Å². The molecule has 1 saturated heterocycles. The Morgan fingerprint density at radius 2 is 2.00 bits per heavy atom. The van der Waals surface area contributed by atoms with Gasteiger partial charge in [-0.2, -0.15) is 5.10 Å². The van der Waals surface area contributed by atoms with Gasteiger partial charge in [0, 0.05) is 30.1 Å². The van der Waals surface area contributed by atoms with Crippen LogP contribution in [0.3, 0.4) is 0 Å². The van der Waals surface area contributed by atoms with Crippen molar-refractivity contribution < 1.29 is 13.2 Å². The van der Waals surface area contributed by atoms with E-state index in [0.29, 0.717) is 18.7 Å². The molecule has 0 bridgehead atoms. The van der Waals surface area contributed by atoms with Crippen molar-refractivity contribution in [2.45, 2.75) is 32.1 Å². The van der Waals surface area contributed by atoms with Crippen LogP contribution in [0.1, 0.15) is 23.4 Å². The van der Waals surface area contributed by atoms with Crippen LogP contribution in [-0.4, -0.2) is 58.6 Å². The Hall–Kier alpha value is -1.80. The average Bonchev–Trinajstić information content (AvgIpc) is 3.13. The minimum absolute atomic E-state index is 0.00978. The number of aromatic nitrogens is 2. The lowest BCUT2D eigenvalue weighted by molar-refractivity contribution is -0.127. The van der Waals surface area contributed by atoms with E-state index in [4.69, 9.17) is 0 Å². The maximum absolute atomic E-state index is 12.5. The zero-order chi connectivity index (χ0) is 19.6. The van der Waals surface area contributed by atoms with Gasteiger partial charge in [-0.15, -0.1) is 11.8 Å². The molecule has 0 N–H and O–H groups in total. The molecule has 8 heteroatoms. The van der Waals surface area contributed by atoms with Gasteiger partial charge in [0.1, 0.15) is 0 Å². The summed E-state index contributed by atoms with van der Waals surface area (Å²) in [7, 11) is -1.12. The van der Waals surface area contributed by atoms with Crippen LogP contribution in [0.25, 0.3) is 5.69 Å². The van der Waals surface area contributed by atoms with E-state index < -0.39 is 9.84 Å². The Labute approximate surface area is 164 Å². The number of aryl methyl sites for hydroxylation is 1.